The molecule has 0 unspecified atom stereocenters. The second-order valence-corrected chi connectivity index (χ2v) is 4.83. The van der Waals surface area contributed by atoms with Gasteiger partial charge >= 0.3 is 11.0 Å². The van der Waals surface area contributed by atoms with E-state index in [0.29, 0.717) is 11.3 Å². The zero-order chi connectivity index (χ0) is 15.6. The fourth-order valence-electron chi connectivity index (χ4n) is 1.48. The summed E-state index contributed by atoms with van der Waals surface area (Å²) in [5.74, 6) is -1.79. The van der Waals surface area contributed by atoms with E-state index in [1.165, 1.54) is 18.2 Å². The fraction of sp³-hybridized carbons (Fsp3) is 0. The number of nitrogens with two attached hydrogens (primary N) is 1. The van der Waals surface area contributed by atoms with Gasteiger partial charge in [0, 0.05) is 11.3 Å². The van der Waals surface area contributed by atoms with Gasteiger partial charge in [-0.3, -0.25) is 20.2 Å². The summed E-state index contributed by atoms with van der Waals surface area (Å²) in [6.45, 7) is 0. The van der Waals surface area contributed by atoms with Crippen LogP contribution >= 0.6 is 11.3 Å². The van der Waals surface area contributed by atoms with Gasteiger partial charge in [0.15, 0.2) is 5.13 Å². The topological polar surface area (TPSA) is 148 Å². The number of aromatic nitrogens is 1. The minimum atomic E-state index is -1.20. The number of aromatic carboxylic acids is 1. The van der Waals surface area contributed by atoms with E-state index in [1.807, 2.05) is 0 Å². The first-order chi connectivity index (χ1) is 9.88. The molecule has 0 saturated carbocycles. The van der Waals surface area contributed by atoms with Gasteiger partial charge in [-0.25, -0.2) is 9.78 Å². The van der Waals surface area contributed by atoms with Crippen LogP contribution in [0.4, 0.5) is 15.8 Å². The Bertz CT molecular complexity index is 742. The minimum Gasteiger partial charge on any atom is -0.478 e. The molecule has 0 aliphatic heterocycles. The summed E-state index contributed by atoms with van der Waals surface area (Å²) in [5, 5.41) is 21.6. The Balaban J connectivity index is 2.18. The summed E-state index contributed by atoms with van der Waals surface area (Å²) in [4.78, 5) is 36.3. The molecule has 0 saturated heterocycles. The average molecular weight is 308 g/mol. The number of amides is 1. The number of carbonyl (C=O) groups excluding carboxylic acids is 1. The van der Waals surface area contributed by atoms with Crippen molar-refractivity contribution in [1.82, 2.24) is 4.98 Å². The second kappa shape index (κ2) is 5.54. The molecule has 0 spiro atoms. The van der Waals surface area contributed by atoms with Crippen LogP contribution in [0, 0.1) is 10.1 Å². The van der Waals surface area contributed by atoms with E-state index in [-0.39, 0.29) is 26.9 Å². The number of carbonyl (C=O) groups is 2. The lowest BCUT2D eigenvalue weighted by atomic mass is 10.1. The van der Waals surface area contributed by atoms with E-state index >= 15 is 0 Å². The summed E-state index contributed by atoms with van der Waals surface area (Å²) in [6, 6.07) is 3.70. The molecule has 4 N–H and O–H groups in total. The van der Waals surface area contributed by atoms with E-state index in [0.717, 1.165) is 6.20 Å². The van der Waals surface area contributed by atoms with Crippen LogP contribution in [-0.2, 0) is 0 Å². The van der Waals surface area contributed by atoms with E-state index in [4.69, 9.17) is 10.8 Å². The first kappa shape index (κ1) is 14.4. The standard InChI is InChI=1S/C11H8N4O5S/c12-7-3-5(1-2-6(7)10(17)18)9(16)14-11-13-4-8(21-11)15(19)20/h1-4H,12H2,(H,17,18)(H,13,14,16). The molecule has 1 aromatic heterocycles. The SMILES string of the molecule is Nc1cc(C(=O)Nc2ncc([N+](=O)[O-])s2)ccc1C(=O)O. The second-order valence-electron chi connectivity index (χ2n) is 3.82. The van der Waals surface area contributed by atoms with Gasteiger partial charge < -0.3 is 10.8 Å². The highest BCUT2D eigenvalue weighted by molar-refractivity contribution is 7.18. The molecule has 108 valence electrons. The predicted octanol–water partition coefficient (Wildman–Crippen LogP) is 1.58. The number of hydrogen-bond acceptors (Lipinski definition) is 7. The zero-order valence-corrected chi connectivity index (χ0v) is 11.1. The number of nitrogens with one attached hydrogen (secondary N) is 1. The number of rotatable bonds is 4. The normalized spacial score (nSPS) is 10.1. The van der Waals surface area contributed by atoms with Crippen molar-refractivity contribution in [3.8, 4) is 0 Å². The molecule has 1 heterocycles. The van der Waals surface area contributed by atoms with Crippen LogP contribution in [-0.4, -0.2) is 26.9 Å². The van der Waals surface area contributed by atoms with Gasteiger partial charge in [-0.15, -0.1) is 0 Å². The smallest absolute Gasteiger partial charge is 0.345 e. The molecule has 0 radical (unpaired) electrons. The molecule has 0 aliphatic carbocycles. The van der Waals surface area contributed by atoms with Crippen molar-refractivity contribution in [2.75, 3.05) is 11.1 Å². The van der Waals surface area contributed by atoms with Crippen LogP contribution in [0.1, 0.15) is 20.7 Å². The molecule has 0 atom stereocenters. The van der Waals surface area contributed by atoms with Gasteiger partial charge in [0.2, 0.25) is 0 Å². The van der Waals surface area contributed by atoms with Crippen molar-refractivity contribution in [3.63, 3.8) is 0 Å². The molecule has 10 heteroatoms. The van der Waals surface area contributed by atoms with Crippen molar-refractivity contribution in [2.24, 2.45) is 0 Å². The maximum absolute atomic E-state index is 11.9. The van der Waals surface area contributed by atoms with Gasteiger partial charge in [-0.05, 0) is 29.5 Å². The number of nitrogen functional groups attached to an aromatic ring is 1. The summed E-state index contributed by atoms with van der Waals surface area (Å²) < 4.78 is 0. The molecule has 9 nitrogen and oxygen atoms in total. The van der Waals surface area contributed by atoms with Crippen LogP contribution in [0.25, 0.3) is 0 Å². The number of thiazole rings is 1. The van der Waals surface area contributed by atoms with E-state index in [9.17, 15) is 19.7 Å². The molecule has 2 aromatic rings. The van der Waals surface area contributed by atoms with Gasteiger partial charge in [0.1, 0.15) is 6.20 Å². The van der Waals surface area contributed by atoms with Crippen molar-refractivity contribution in [3.05, 3.63) is 45.6 Å². The Labute approximate surface area is 121 Å². The van der Waals surface area contributed by atoms with Crippen LogP contribution < -0.4 is 11.1 Å². The summed E-state index contributed by atoms with van der Waals surface area (Å²) in [6.07, 6.45) is 1.03. The number of hydrogen-bond donors (Lipinski definition) is 3. The molecule has 0 aliphatic rings. The largest absolute Gasteiger partial charge is 0.478 e. The highest BCUT2D eigenvalue weighted by atomic mass is 32.1. The van der Waals surface area contributed by atoms with Gasteiger partial charge in [0.05, 0.1) is 10.5 Å². The first-order valence-electron chi connectivity index (χ1n) is 5.43. The van der Waals surface area contributed by atoms with Crippen molar-refractivity contribution >= 4 is 39.0 Å². The van der Waals surface area contributed by atoms with Crippen molar-refractivity contribution in [2.45, 2.75) is 0 Å². The van der Waals surface area contributed by atoms with Crippen LogP contribution in [0.15, 0.2) is 24.4 Å². The molecular weight excluding hydrogens is 300 g/mol. The quantitative estimate of drug-likeness (QED) is 0.441. The van der Waals surface area contributed by atoms with E-state index < -0.39 is 16.8 Å². The lowest BCUT2D eigenvalue weighted by molar-refractivity contribution is -0.380. The average Bonchev–Trinajstić information content (AvgIpc) is 2.86. The van der Waals surface area contributed by atoms with Crippen molar-refractivity contribution in [1.29, 1.82) is 0 Å². The lowest BCUT2D eigenvalue weighted by Crippen LogP contribution is -2.13. The molecule has 2 rings (SSSR count). The monoisotopic (exact) mass is 308 g/mol. The number of carboxylic acids is 1. The Morgan fingerprint density at radius 3 is 2.67 bits per heavy atom. The number of anilines is 2. The number of carboxylic acid groups (broad SMARTS) is 1. The maximum Gasteiger partial charge on any atom is 0.345 e. The number of benzene rings is 1. The zero-order valence-electron chi connectivity index (χ0n) is 10.3. The highest BCUT2D eigenvalue weighted by Gasteiger charge is 2.16. The first-order valence-corrected chi connectivity index (χ1v) is 6.24. The number of nitrogens with zero attached hydrogens (tertiary/aromatic N) is 2. The molecule has 1 aromatic carbocycles. The third-order valence-electron chi connectivity index (χ3n) is 2.44. The van der Waals surface area contributed by atoms with Crippen molar-refractivity contribution < 1.29 is 19.6 Å². The van der Waals surface area contributed by atoms with E-state index in [1.54, 1.807) is 0 Å². The molecular formula is C11H8N4O5S. The Morgan fingerprint density at radius 2 is 2.14 bits per heavy atom. The van der Waals surface area contributed by atoms with Crippen LogP contribution in [0.2, 0.25) is 0 Å². The maximum atomic E-state index is 11.9. The minimum absolute atomic E-state index is 0.0553. The predicted molar refractivity (Wildman–Crippen MR) is 74.5 cm³/mol. The van der Waals surface area contributed by atoms with Crippen LogP contribution in [0.3, 0.4) is 0 Å². The van der Waals surface area contributed by atoms with E-state index in [2.05, 4.69) is 10.3 Å². The fourth-order valence-corrected chi connectivity index (χ4v) is 2.10. The highest BCUT2D eigenvalue weighted by Crippen LogP contribution is 2.25. The molecule has 0 bridgehead atoms. The Hall–Kier alpha value is -3.01. The summed E-state index contributed by atoms with van der Waals surface area (Å²) >= 11 is 0.709. The van der Waals surface area contributed by atoms with Gasteiger partial charge in [-0.1, -0.05) is 0 Å². The third kappa shape index (κ3) is 3.12. The molecule has 0 fully saturated rings. The number of nitro groups is 1. The molecule has 21 heavy (non-hydrogen) atoms. The van der Waals surface area contributed by atoms with Gasteiger partial charge in [0.25, 0.3) is 5.91 Å². The third-order valence-corrected chi connectivity index (χ3v) is 3.30. The lowest BCUT2D eigenvalue weighted by Gasteiger charge is -2.04. The Morgan fingerprint density at radius 1 is 1.43 bits per heavy atom. The summed E-state index contributed by atoms with van der Waals surface area (Å²) in [5.41, 5.74) is 5.49. The van der Waals surface area contributed by atoms with Crippen LogP contribution in [0.5, 0.6) is 0 Å². The molecule has 1 amide bonds. The summed E-state index contributed by atoms with van der Waals surface area (Å²) in [7, 11) is 0. The Kier molecular flexibility index (Phi) is 3.80. The van der Waals surface area contributed by atoms with Gasteiger partial charge in [-0.2, -0.15) is 0 Å².